The van der Waals surface area contributed by atoms with E-state index >= 15 is 0 Å². The van der Waals surface area contributed by atoms with E-state index in [4.69, 9.17) is 16.3 Å². The molecule has 0 radical (unpaired) electrons. The fraction of sp³-hybridized carbons (Fsp3) is 0.105. The Morgan fingerprint density at radius 1 is 1.15 bits per heavy atom. The van der Waals surface area contributed by atoms with Crippen LogP contribution in [-0.4, -0.2) is 24.0 Å². The first-order valence-corrected chi connectivity index (χ1v) is 9.18. The molecule has 1 heterocycles. The van der Waals surface area contributed by atoms with Gasteiger partial charge in [0.2, 0.25) is 0 Å². The van der Waals surface area contributed by atoms with E-state index in [0.29, 0.717) is 34.2 Å². The number of thiazole rings is 1. The van der Waals surface area contributed by atoms with E-state index in [9.17, 15) is 9.59 Å². The lowest BCUT2D eigenvalue weighted by Gasteiger charge is -2.10. The molecule has 3 aromatic rings. The van der Waals surface area contributed by atoms with Gasteiger partial charge in [-0.2, -0.15) is 0 Å². The number of carbonyl (C=O) groups is 2. The molecule has 2 aromatic carbocycles. The first-order chi connectivity index (χ1) is 13.1. The topological polar surface area (TPSA) is 77.5 Å². The van der Waals surface area contributed by atoms with Crippen LogP contribution in [0.5, 0.6) is 5.75 Å². The van der Waals surface area contributed by atoms with Crippen LogP contribution in [0.3, 0.4) is 0 Å². The summed E-state index contributed by atoms with van der Waals surface area (Å²) in [7, 11) is 1.28. The molecule has 0 bridgehead atoms. The molecule has 0 atom stereocenters. The Labute approximate surface area is 164 Å². The van der Waals surface area contributed by atoms with Crippen molar-refractivity contribution in [3.05, 3.63) is 75.2 Å². The summed E-state index contributed by atoms with van der Waals surface area (Å²) in [6.07, 6.45) is 0. The maximum absolute atomic E-state index is 12.4. The number of carbonyl (C=O) groups excluding carboxylic acids is 2. The van der Waals surface area contributed by atoms with Crippen LogP contribution in [0.4, 0.5) is 5.69 Å². The zero-order chi connectivity index (χ0) is 19.2. The molecular weight excluding hydrogens is 388 g/mol. The molecule has 138 valence electrons. The lowest BCUT2D eigenvalue weighted by atomic mass is 10.1. The van der Waals surface area contributed by atoms with Crippen molar-refractivity contribution >= 4 is 40.5 Å². The van der Waals surface area contributed by atoms with E-state index < -0.39 is 5.97 Å². The van der Waals surface area contributed by atoms with Crippen molar-refractivity contribution in [3.63, 3.8) is 0 Å². The first-order valence-electron chi connectivity index (χ1n) is 7.86. The molecule has 1 amide bonds. The molecule has 0 saturated heterocycles. The number of aromatic nitrogens is 1. The number of amides is 1. The molecule has 8 heteroatoms. The monoisotopic (exact) mass is 402 g/mol. The van der Waals surface area contributed by atoms with Crippen molar-refractivity contribution < 1.29 is 19.1 Å². The van der Waals surface area contributed by atoms with Gasteiger partial charge in [-0.15, -0.1) is 11.3 Å². The van der Waals surface area contributed by atoms with Gasteiger partial charge in [-0.3, -0.25) is 4.79 Å². The zero-order valence-corrected chi connectivity index (χ0v) is 15.8. The molecule has 6 nitrogen and oxygen atoms in total. The van der Waals surface area contributed by atoms with Crippen molar-refractivity contribution in [3.8, 4) is 5.75 Å². The van der Waals surface area contributed by atoms with Crippen molar-refractivity contribution in [2.24, 2.45) is 0 Å². The number of rotatable bonds is 6. The van der Waals surface area contributed by atoms with Gasteiger partial charge in [-0.1, -0.05) is 11.6 Å². The summed E-state index contributed by atoms with van der Waals surface area (Å²) in [5.41, 5.74) is 3.64. The average Bonchev–Trinajstić information content (AvgIpc) is 3.21. The van der Waals surface area contributed by atoms with Gasteiger partial charge in [0.05, 0.1) is 34.6 Å². The molecule has 1 aromatic heterocycles. The van der Waals surface area contributed by atoms with Crippen molar-refractivity contribution in [2.75, 3.05) is 12.4 Å². The summed E-state index contributed by atoms with van der Waals surface area (Å²) < 4.78 is 10.3. The van der Waals surface area contributed by atoms with Gasteiger partial charge in [0.15, 0.2) is 0 Å². The summed E-state index contributed by atoms with van der Waals surface area (Å²) in [5.74, 6) is -0.237. The fourth-order valence-corrected chi connectivity index (χ4v) is 2.94. The van der Waals surface area contributed by atoms with Gasteiger partial charge >= 0.3 is 5.97 Å². The number of methoxy groups -OCH3 is 1. The smallest absolute Gasteiger partial charge is 0.337 e. The minimum Gasteiger partial charge on any atom is -0.487 e. The third-order valence-corrected chi connectivity index (χ3v) is 4.59. The van der Waals surface area contributed by atoms with Crippen LogP contribution < -0.4 is 10.1 Å². The maximum atomic E-state index is 12.4. The number of halogens is 1. The van der Waals surface area contributed by atoms with Crippen LogP contribution in [0, 0.1) is 0 Å². The van der Waals surface area contributed by atoms with E-state index in [0.717, 1.165) is 5.69 Å². The Morgan fingerprint density at radius 3 is 2.56 bits per heavy atom. The highest BCUT2D eigenvalue weighted by atomic mass is 35.5. The average molecular weight is 403 g/mol. The second-order valence-corrected chi connectivity index (χ2v) is 6.56. The number of anilines is 1. The standard InChI is InChI=1S/C19H15ClN2O4S/c1-25-19(24)13-4-7-16(20)17(8-13)22-18(23)12-2-5-15(6-3-12)26-9-14-10-27-11-21-14/h2-8,10-11H,9H2,1H3,(H,22,23). The minimum atomic E-state index is -0.510. The number of nitrogens with one attached hydrogen (secondary N) is 1. The molecule has 3 rings (SSSR count). The molecule has 0 aliphatic rings. The van der Waals surface area contributed by atoms with Crippen molar-refractivity contribution in [2.45, 2.75) is 6.61 Å². The predicted molar refractivity (Wildman–Crippen MR) is 104 cm³/mol. The van der Waals surface area contributed by atoms with Crippen LogP contribution in [0.15, 0.2) is 53.4 Å². The lowest BCUT2D eigenvalue weighted by Crippen LogP contribution is -2.13. The second-order valence-electron chi connectivity index (χ2n) is 5.43. The summed E-state index contributed by atoms with van der Waals surface area (Å²) in [5, 5.41) is 4.92. The summed E-state index contributed by atoms with van der Waals surface area (Å²) in [6, 6.07) is 11.2. The van der Waals surface area contributed by atoms with Gasteiger partial charge in [0.1, 0.15) is 12.4 Å². The lowest BCUT2D eigenvalue weighted by molar-refractivity contribution is 0.0600. The Balaban J connectivity index is 1.66. The quantitative estimate of drug-likeness (QED) is 0.618. The zero-order valence-electron chi connectivity index (χ0n) is 14.3. The number of esters is 1. The van der Waals surface area contributed by atoms with E-state index in [1.807, 2.05) is 5.38 Å². The number of nitrogens with zero attached hydrogens (tertiary/aromatic N) is 1. The van der Waals surface area contributed by atoms with E-state index in [2.05, 4.69) is 15.0 Å². The van der Waals surface area contributed by atoms with Gasteiger partial charge in [-0.25, -0.2) is 9.78 Å². The molecule has 1 N–H and O–H groups in total. The van der Waals surface area contributed by atoms with E-state index in [1.165, 1.54) is 36.6 Å². The highest BCUT2D eigenvalue weighted by Gasteiger charge is 2.12. The highest BCUT2D eigenvalue weighted by molar-refractivity contribution is 7.07. The Hall–Kier alpha value is -2.90. The summed E-state index contributed by atoms with van der Waals surface area (Å²) >= 11 is 7.60. The normalized spacial score (nSPS) is 10.3. The molecule has 0 saturated carbocycles. The van der Waals surface area contributed by atoms with Gasteiger partial charge in [0.25, 0.3) is 5.91 Å². The molecular formula is C19H15ClN2O4S. The van der Waals surface area contributed by atoms with Crippen LogP contribution in [-0.2, 0) is 11.3 Å². The maximum Gasteiger partial charge on any atom is 0.337 e. The van der Waals surface area contributed by atoms with Gasteiger partial charge < -0.3 is 14.8 Å². The van der Waals surface area contributed by atoms with Gasteiger partial charge in [-0.05, 0) is 42.5 Å². The SMILES string of the molecule is COC(=O)c1ccc(Cl)c(NC(=O)c2ccc(OCc3cscn3)cc2)c1. The number of ether oxygens (including phenoxy) is 2. The third kappa shape index (κ3) is 4.84. The largest absolute Gasteiger partial charge is 0.487 e. The van der Waals surface area contributed by atoms with Crippen LogP contribution in [0.25, 0.3) is 0 Å². The van der Waals surface area contributed by atoms with Crippen LogP contribution in [0.2, 0.25) is 5.02 Å². The number of benzene rings is 2. The number of hydrogen-bond acceptors (Lipinski definition) is 6. The molecule has 0 unspecified atom stereocenters. The Bertz CT molecular complexity index is 943. The fourth-order valence-electron chi connectivity index (χ4n) is 2.23. The van der Waals surface area contributed by atoms with Crippen molar-refractivity contribution in [1.29, 1.82) is 0 Å². The third-order valence-electron chi connectivity index (χ3n) is 3.62. The van der Waals surface area contributed by atoms with Gasteiger partial charge in [0, 0.05) is 10.9 Å². The Morgan fingerprint density at radius 2 is 1.89 bits per heavy atom. The van der Waals surface area contributed by atoms with E-state index in [1.54, 1.807) is 29.8 Å². The highest BCUT2D eigenvalue weighted by Crippen LogP contribution is 2.24. The van der Waals surface area contributed by atoms with Crippen molar-refractivity contribution in [1.82, 2.24) is 4.98 Å². The predicted octanol–water partition coefficient (Wildman–Crippen LogP) is 4.41. The molecule has 0 aliphatic carbocycles. The molecule has 0 aliphatic heterocycles. The second kappa shape index (κ2) is 8.66. The Kier molecular flexibility index (Phi) is 6.05. The van der Waals surface area contributed by atoms with Crippen LogP contribution >= 0.6 is 22.9 Å². The van der Waals surface area contributed by atoms with E-state index in [-0.39, 0.29) is 5.91 Å². The molecule has 0 fully saturated rings. The number of hydrogen-bond donors (Lipinski definition) is 1. The summed E-state index contributed by atoms with van der Waals surface area (Å²) in [4.78, 5) is 28.2. The molecule has 27 heavy (non-hydrogen) atoms. The minimum absolute atomic E-state index is 0.294. The van der Waals surface area contributed by atoms with Crippen LogP contribution in [0.1, 0.15) is 26.4 Å². The molecule has 0 spiro atoms. The first kappa shape index (κ1) is 18.9. The summed E-state index contributed by atoms with van der Waals surface area (Å²) in [6.45, 7) is 0.366.